The molecule has 0 saturated heterocycles. The average molecular weight is 269 g/mol. The molecule has 6 heteroatoms. The van der Waals surface area contributed by atoms with Gasteiger partial charge in [-0.05, 0) is 39.2 Å². The normalized spacial score (nSPS) is 30.7. The van der Waals surface area contributed by atoms with Crippen LogP contribution in [0.3, 0.4) is 0 Å². The van der Waals surface area contributed by atoms with Crippen LogP contribution in [0.5, 0.6) is 0 Å². The summed E-state index contributed by atoms with van der Waals surface area (Å²) in [6.07, 6.45) is -2.71. The number of hydrogen-bond donors (Lipinski definition) is 2. The van der Waals surface area contributed by atoms with Crippen molar-refractivity contribution in [1.82, 2.24) is 5.32 Å². The van der Waals surface area contributed by atoms with Crippen LogP contribution in [0.4, 0.5) is 13.2 Å². The molecule has 2 N–H and O–H groups in total. The molecule has 3 unspecified atom stereocenters. The number of nitrogens with one attached hydrogen (secondary N) is 1. The van der Waals surface area contributed by atoms with E-state index in [0.29, 0.717) is 6.42 Å². The molecule has 0 aromatic heterocycles. The van der Waals surface area contributed by atoms with Crippen LogP contribution in [0.25, 0.3) is 0 Å². The van der Waals surface area contributed by atoms with Crippen LogP contribution in [0, 0.1) is 5.92 Å². The minimum absolute atomic E-state index is 0.0169. The molecule has 0 heterocycles. The predicted molar refractivity (Wildman–Crippen MR) is 62.3 cm³/mol. The maximum Gasteiger partial charge on any atom is 0.414 e. The minimum atomic E-state index is -4.30. The van der Waals surface area contributed by atoms with Crippen LogP contribution in [0.1, 0.15) is 32.6 Å². The van der Waals surface area contributed by atoms with Gasteiger partial charge in [0.2, 0.25) is 0 Å². The molecule has 0 radical (unpaired) electrons. The van der Waals surface area contributed by atoms with E-state index < -0.39 is 12.3 Å². The first-order chi connectivity index (χ1) is 8.35. The molecule has 0 bridgehead atoms. The lowest BCUT2D eigenvalue weighted by Crippen LogP contribution is -2.49. The van der Waals surface area contributed by atoms with Crippen LogP contribution in [0.15, 0.2) is 0 Å². The minimum Gasteiger partial charge on any atom is -0.394 e. The van der Waals surface area contributed by atoms with Crippen molar-refractivity contribution in [2.75, 3.05) is 20.3 Å². The molecule has 1 fully saturated rings. The molecule has 3 atom stereocenters. The summed E-state index contributed by atoms with van der Waals surface area (Å²) in [5.74, 6) is 0.174. The molecule has 3 nitrogen and oxygen atoms in total. The first kappa shape index (κ1) is 15.7. The van der Waals surface area contributed by atoms with Gasteiger partial charge >= 0.3 is 6.18 Å². The van der Waals surface area contributed by atoms with Crippen molar-refractivity contribution in [3.8, 4) is 0 Å². The Morgan fingerprint density at radius 1 is 1.50 bits per heavy atom. The van der Waals surface area contributed by atoms with Crippen LogP contribution in [-0.2, 0) is 4.74 Å². The Labute approximate surface area is 106 Å². The Bertz CT molecular complexity index is 254. The largest absolute Gasteiger partial charge is 0.414 e. The van der Waals surface area contributed by atoms with E-state index in [9.17, 15) is 18.3 Å². The highest BCUT2D eigenvalue weighted by Gasteiger charge is 2.41. The fourth-order valence-electron chi connectivity index (χ4n) is 2.66. The van der Waals surface area contributed by atoms with E-state index in [1.165, 1.54) is 0 Å². The zero-order chi connectivity index (χ0) is 13.8. The third kappa shape index (κ3) is 3.59. The molecule has 0 aliphatic heterocycles. The van der Waals surface area contributed by atoms with Crippen LogP contribution < -0.4 is 5.32 Å². The summed E-state index contributed by atoms with van der Waals surface area (Å²) in [6, 6.07) is 0. The fourth-order valence-corrected chi connectivity index (χ4v) is 2.66. The van der Waals surface area contributed by atoms with Crippen molar-refractivity contribution in [3.63, 3.8) is 0 Å². The third-order valence-electron chi connectivity index (χ3n) is 4.03. The van der Waals surface area contributed by atoms with E-state index in [1.54, 1.807) is 7.05 Å². The number of ether oxygens (including phenoxy) is 1. The van der Waals surface area contributed by atoms with Crippen LogP contribution in [-0.4, -0.2) is 43.2 Å². The Hall–Kier alpha value is -0.330. The molecule has 1 saturated carbocycles. The van der Waals surface area contributed by atoms with Crippen molar-refractivity contribution < 1.29 is 23.0 Å². The van der Waals surface area contributed by atoms with Crippen LogP contribution in [0.2, 0.25) is 0 Å². The van der Waals surface area contributed by atoms with Gasteiger partial charge in [0.05, 0.1) is 6.61 Å². The Morgan fingerprint density at radius 3 is 2.67 bits per heavy atom. The lowest BCUT2D eigenvalue weighted by Gasteiger charge is -2.33. The Kier molecular flexibility index (Phi) is 5.43. The van der Waals surface area contributed by atoms with Crippen molar-refractivity contribution in [1.29, 1.82) is 0 Å². The maximum absolute atomic E-state index is 12.3. The quantitative estimate of drug-likeness (QED) is 0.776. The second-order valence-electron chi connectivity index (χ2n) is 5.00. The third-order valence-corrected chi connectivity index (χ3v) is 4.03. The van der Waals surface area contributed by atoms with E-state index in [0.717, 1.165) is 26.2 Å². The highest BCUT2D eigenvalue weighted by molar-refractivity contribution is 4.97. The summed E-state index contributed by atoms with van der Waals surface area (Å²) in [6.45, 7) is 1.11. The smallest absolute Gasteiger partial charge is 0.394 e. The molecule has 1 aliphatic carbocycles. The summed E-state index contributed by atoms with van der Waals surface area (Å²) in [5.41, 5.74) is -0.342. The summed E-state index contributed by atoms with van der Waals surface area (Å²) < 4.78 is 41.6. The molecular formula is C12H22F3NO2. The maximum atomic E-state index is 12.3. The first-order valence-electron chi connectivity index (χ1n) is 6.34. The van der Waals surface area contributed by atoms with Gasteiger partial charge in [-0.2, -0.15) is 13.2 Å². The molecule has 0 spiro atoms. The number of alkyl halides is 3. The molecule has 18 heavy (non-hydrogen) atoms. The predicted octanol–water partition coefficient (Wildman–Crippen LogP) is 2.09. The lowest BCUT2D eigenvalue weighted by atomic mass is 9.86. The standard InChI is InChI=1S/C12H22F3NO2/c1-9(12(13,14)15)18-7-5-10-4-3-6-11(10,8-17)16-2/h9-10,16-17H,3-8H2,1-2H3. The van der Waals surface area contributed by atoms with Gasteiger partial charge < -0.3 is 15.2 Å². The fraction of sp³-hybridized carbons (Fsp3) is 1.00. The molecule has 0 amide bonds. The summed E-state index contributed by atoms with van der Waals surface area (Å²) in [5, 5.41) is 12.6. The van der Waals surface area contributed by atoms with E-state index in [1.807, 2.05) is 0 Å². The topological polar surface area (TPSA) is 41.5 Å². The summed E-state index contributed by atoms with van der Waals surface area (Å²) in [7, 11) is 1.79. The van der Waals surface area contributed by atoms with E-state index in [-0.39, 0.29) is 24.7 Å². The van der Waals surface area contributed by atoms with Crippen molar-refractivity contribution in [2.45, 2.75) is 50.4 Å². The van der Waals surface area contributed by atoms with E-state index >= 15 is 0 Å². The molecule has 0 aromatic rings. The Morgan fingerprint density at radius 2 is 2.17 bits per heavy atom. The number of aliphatic hydroxyl groups excluding tert-OH is 1. The SMILES string of the molecule is CNC1(CO)CCCC1CCOC(C)C(F)(F)F. The van der Waals surface area contributed by atoms with E-state index in [2.05, 4.69) is 5.32 Å². The second-order valence-corrected chi connectivity index (χ2v) is 5.00. The first-order valence-corrected chi connectivity index (χ1v) is 6.34. The number of likely N-dealkylation sites (N-methyl/N-ethyl adjacent to an activating group) is 1. The van der Waals surface area contributed by atoms with Gasteiger partial charge in [-0.3, -0.25) is 0 Å². The van der Waals surface area contributed by atoms with E-state index in [4.69, 9.17) is 4.74 Å². The van der Waals surface area contributed by atoms with Gasteiger partial charge in [0, 0.05) is 12.1 Å². The zero-order valence-corrected chi connectivity index (χ0v) is 10.9. The highest BCUT2D eigenvalue weighted by atomic mass is 19.4. The van der Waals surface area contributed by atoms with Gasteiger partial charge in [0.15, 0.2) is 6.10 Å². The second kappa shape index (κ2) is 6.21. The molecule has 108 valence electrons. The summed E-state index contributed by atoms with van der Waals surface area (Å²) >= 11 is 0. The lowest BCUT2D eigenvalue weighted by molar-refractivity contribution is -0.215. The number of hydrogen-bond acceptors (Lipinski definition) is 3. The molecule has 1 aliphatic rings. The van der Waals surface area contributed by atoms with Crippen molar-refractivity contribution in [2.24, 2.45) is 5.92 Å². The number of aliphatic hydroxyl groups is 1. The summed E-state index contributed by atoms with van der Waals surface area (Å²) in [4.78, 5) is 0. The highest BCUT2D eigenvalue weighted by Crippen LogP contribution is 2.37. The monoisotopic (exact) mass is 269 g/mol. The average Bonchev–Trinajstić information content (AvgIpc) is 2.71. The van der Waals surface area contributed by atoms with Gasteiger partial charge in [-0.1, -0.05) is 6.42 Å². The molecular weight excluding hydrogens is 247 g/mol. The molecule has 0 aromatic carbocycles. The van der Waals surface area contributed by atoms with Crippen molar-refractivity contribution in [3.05, 3.63) is 0 Å². The Balaban J connectivity index is 2.39. The van der Waals surface area contributed by atoms with Gasteiger partial charge in [-0.15, -0.1) is 0 Å². The number of rotatable bonds is 6. The van der Waals surface area contributed by atoms with Gasteiger partial charge in [0.1, 0.15) is 0 Å². The van der Waals surface area contributed by atoms with Gasteiger partial charge in [-0.25, -0.2) is 0 Å². The van der Waals surface area contributed by atoms with Crippen molar-refractivity contribution >= 4 is 0 Å². The van der Waals surface area contributed by atoms with Crippen LogP contribution >= 0.6 is 0 Å². The number of halogens is 3. The molecule has 1 rings (SSSR count). The zero-order valence-electron chi connectivity index (χ0n) is 10.9. The van der Waals surface area contributed by atoms with Gasteiger partial charge in [0.25, 0.3) is 0 Å².